The average Bonchev–Trinajstić information content (AvgIpc) is 3.16. The van der Waals surface area contributed by atoms with Gasteiger partial charge in [-0.25, -0.2) is 0 Å². The zero-order chi connectivity index (χ0) is 15.7. The Labute approximate surface area is 138 Å². The summed E-state index contributed by atoms with van der Waals surface area (Å²) in [6.07, 6.45) is -2.68. The van der Waals surface area contributed by atoms with E-state index in [-0.39, 0.29) is 29.4 Å². The van der Waals surface area contributed by atoms with Gasteiger partial charge >= 0.3 is 6.18 Å². The van der Waals surface area contributed by atoms with Gasteiger partial charge in [-0.1, -0.05) is 13.0 Å². The zero-order valence-corrected chi connectivity index (χ0v) is 13.5. The van der Waals surface area contributed by atoms with Gasteiger partial charge in [0.05, 0.1) is 17.2 Å². The largest absolute Gasteiger partial charge is 0.417 e. The molecule has 0 bridgehead atoms. The normalized spacial score (nSPS) is 24.8. The first kappa shape index (κ1) is 16.6. The van der Waals surface area contributed by atoms with E-state index in [1.165, 1.54) is 6.07 Å². The van der Waals surface area contributed by atoms with Crippen LogP contribution in [0, 0.1) is 0 Å². The molecule has 1 saturated heterocycles. The highest BCUT2D eigenvalue weighted by molar-refractivity contribution is 6.01. The summed E-state index contributed by atoms with van der Waals surface area (Å²) >= 11 is 0. The number of alkyl halides is 3. The van der Waals surface area contributed by atoms with Crippen LogP contribution in [0.15, 0.2) is 12.1 Å². The molecule has 4 rings (SSSR count). The number of carbonyl (C=O) groups excluding carboxylic acids is 1. The molecule has 0 unspecified atom stereocenters. The van der Waals surface area contributed by atoms with E-state index in [9.17, 15) is 18.0 Å². The number of hydrogen-bond donors (Lipinski definition) is 1. The van der Waals surface area contributed by atoms with Crippen LogP contribution >= 0.6 is 12.4 Å². The van der Waals surface area contributed by atoms with Gasteiger partial charge in [-0.05, 0) is 35.4 Å². The topological polar surface area (TPSA) is 32.3 Å². The van der Waals surface area contributed by atoms with Crippen LogP contribution in [0.25, 0.3) is 0 Å². The highest BCUT2D eigenvalue weighted by atomic mass is 35.5. The van der Waals surface area contributed by atoms with Crippen molar-refractivity contribution in [1.82, 2.24) is 10.2 Å². The van der Waals surface area contributed by atoms with Crippen molar-refractivity contribution in [2.24, 2.45) is 0 Å². The number of halogens is 4. The number of benzene rings is 1. The van der Waals surface area contributed by atoms with Gasteiger partial charge in [0, 0.05) is 19.6 Å². The average molecular weight is 347 g/mol. The van der Waals surface area contributed by atoms with Gasteiger partial charge in [-0.3, -0.25) is 4.79 Å². The Morgan fingerprint density at radius 3 is 2.61 bits per heavy atom. The zero-order valence-electron chi connectivity index (χ0n) is 12.7. The number of fused-ring (bicyclic) bond motifs is 3. The molecular weight excluding hydrogens is 329 g/mol. The summed E-state index contributed by atoms with van der Waals surface area (Å²) in [7, 11) is 0. The third kappa shape index (κ3) is 2.43. The van der Waals surface area contributed by atoms with Crippen LogP contribution in [0.3, 0.4) is 0 Å². The van der Waals surface area contributed by atoms with Crippen molar-refractivity contribution >= 4 is 18.3 Å². The highest BCUT2D eigenvalue weighted by Crippen LogP contribution is 2.51. The molecule has 126 valence electrons. The predicted molar refractivity (Wildman–Crippen MR) is 81.9 cm³/mol. The van der Waals surface area contributed by atoms with Gasteiger partial charge in [0.1, 0.15) is 0 Å². The second kappa shape index (κ2) is 5.11. The number of piperazine rings is 1. The molecule has 1 amide bonds. The summed E-state index contributed by atoms with van der Waals surface area (Å²) in [5.74, 6) is -0.471. The lowest BCUT2D eigenvalue weighted by Gasteiger charge is -2.30. The van der Waals surface area contributed by atoms with E-state index in [1.807, 2.05) is 13.0 Å². The van der Waals surface area contributed by atoms with Gasteiger partial charge in [0.25, 0.3) is 5.91 Å². The van der Waals surface area contributed by atoms with E-state index in [1.54, 1.807) is 4.90 Å². The number of hydrogen-bond acceptors (Lipinski definition) is 2. The smallest absolute Gasteiger partial charge is 0.329 e. The first-order chi connectivity index (χ1) is 10.3. The Kier molecular flexibility index (Phi) is 3.69. The fourth-order valence-electron chi connectivity index (χ4n) is 3.58. The van der Waals surface area contributed by atoms with E-state index in [4.69, 9.17) is 0 Å². The fourth-order valence-corrected chi connectivity index (χ4v) is 3.58. The lowest BCUT2D eigenvalue weighted by molar-refractivity contribution is -0.138. The molecule has 2 heterocycles. The van der Waals surface area contributed by atoms with Crippen LogP contribution in [0.5, 0.6) is 0 Å². The van der Waals surface area contributed by atoms with Crippen molar-refractivity contribution in [1.29, 1.82) is 0 Å². The summed E-state index contributed by atoms with van der Waals surface area (Å²) in [6, 6.07) is 2.78. The van der Waals surface area contributed by atoms with Gasteiger partial charge in [-0.15, -0.1) is 12.4 Å². The lowest BCUT2D eigenvalue weighted by Crippen LogP contribution is -2.44. The molecule has 1 atom stereocenters. The summed E-state index contributed by atoms with van der Waals surface area (Å²) in [4.78, 5) is 14.1. The molecule has 0 aromatic heterocycles. The van der Waals surface area contributed by atoms with Crippen LogP contribution in [0.1, 0.15) is 52.9 Å². The molecule has 1 N–H and O–H groups in total. The van der Waals surface area contributed by atoms with E-state index >= 15 is 0 Å². The molecule has 0 radical (unpaired) electrons. The van der Waals surface area contributed by atoms with Gasteiger partial charge < -0.3 is 10.2 Å². The molecule has 2 fully saturated rings. The summed E-state index contributed by atoms with van der Waals surface area (Å²) in [5, 5.41) is 3.17. The number of nitrogens with zero attached hydrogens (tertiary/aromatic N) is 1. The molecule has 3 nitrogen and oxygen atoms in total. The summed E-state index contributed by atoms with van der Waals surface area (Å²) in [5.41, 5.74) is 0.226. The predicted octanol–water partition coefficient (Wildman–Crippen LogP) is 3.28. The molecule has 1 saturated carbocycles. The molecule has 23 heavy (non-hydrogen) atoms. The minimum absolute atomic E-state index is 0. The van der Waals surface area contributed by atoms with Crippen LogP contribution in [-0.2, 0) is 11.6 Å². The van der Waals surface area contributed by atoms with Crippen molar-refractivity contribution in [2.45, 2.75) is 37.4 Å². The number of carbonyl (C=O) groups is 1. The first-order valence-corrected chi connectivity index (χ1v) is 7.58. The second-order valence-electron chi connectivity index (χ2n) is 6.76. The fraction of sp³-hybridized carbons (Fsp3) is 0.562. The number of amides is 1. The first-order valence-electron chi connectivity index (χ1n) is 7.58. The number of rotatable bonds is 1. The van der Waals surface area contributed by atoms with E-state index < -0.39 is 17.6 Å². The van der Waals surface area contributed by atoms with Crippen LogP contribution in [0.4, 0.5) is 13.2 Å². The maximum absolute atomic E-state index is 13.5. The second-order valence-corrected chi connectivity index (χ2v) is 6.76. The van der Waals surface area contributed by atoms with Crippen LogP contribution in [-0.4, -0.2) is 30.4 Å². The molecule has 7 heteroatoms. The van der Waals surface area contributed by atoms with Crippen molar-refractivity contribution in [3.63, 3.8) is 0 Å². The Bertz CT molecular complexity index is 670. The monoisotopic (exact) mass is 346 g/mol. The molecule has 1 aromatic carbocycles. The van der Waals surface area contributed by atoms with E-state index in [2.05, 4.69) is 5.32 Å². The highest BCUT2D eigenvalue weighted by Gasteiger charge is 2.48. The third-order valence-corrected chi connectivity index (χ3v) is 5.25. The Hall–Kier alpha value is -1.27. The minimum atomic E-state index is -4.50. The molecular formula is C16H18ClF3N2O. The van der Waals surface area contributed by atoms with Crippen molar-refractivity contribution < 1.29 is 18.0 Å². The third-order valence-electron chi connectivity index (χ3n) is 5.25. The molecule has 1 aromatic rings. The Balaban J connectivity index is 0.00000156. The summed E-state index contributed by atoms with van der Waals surface area (Å²) in [6.45, 7) is 3.60. The minimum Gasteiger partial charge on any atom is -0.329 e. The van der Waals surface area contributed by atoms with E-state index in [0.29, 0.717) is 25.2 Å². The quantitative estimate of drug-likeness (QED) is 0.846. The van der Waals surface area contributed by atoms with Gasteiger partial charge in [-0.2, -0.15) is 13.2 Å². The lowest BCUT2D eigenvalue weighted by atomic mass is 9.89. The number of nitrogens with one attached hydrogen (secondary N) is 1. The van der Waals surface area contributed by atoms with Crippen molar-refractivity contribution in [3.8, 4) is 0 Å². The van der Waals surface area contributed by atoms with E-state index in [0.717, 1.165) is 18.4 Å². The van der Waals surface area contributed by atoms with Crippen LogP contribution in [0.2, 0.25) is 0 Å². The standard InChI is InChI=1S/C16H17F3N2O.ClH/c1-15(2-3-15)9-6-10-12-8-20-4-5-21(12)14(22)13(10)11(7-9)16(17,18)19;/h6-7,12,20H,2-5,8H2,1H3;1H/t12-;/m0./s1. The maximum atomic E-state index is 13.5. The van der Waals surface area contributed by atoms with Gasteiger partial charge in [0.2, 0.25) is 0 Å². The summed E-state index contributed by atoms with van der Waals surface area (Å²) < 4.78 is 40.5. The van der Waals surface area contributed by atoms with Gasteiger partial charge in [0.15, 0.2) is 0 Å². The molecule has 2 aliphatic heterocycles. The van der Waals surface area contributed by atoms with Crippen molar-refractivity contribution in [2.75, 3.05) is 19.6 Å². The molecule has 0 spiro atoms. The molecule has 1 aliphatic carbocycles. The Morgan fingerprint density at radius 2 is 2.00 bits per heavy atom. The van der Waals surface area contributed by atoms with Crippen LogP contribution < -0.4 is 5.32 Å². The maximum Gasteiger partial charge on any atom is 0.417 e. The molecule has 3 aliphatic rings. The van der Waals surface area contributed by atoms with Crippen molar-refractivity contribution in [3.05, 3.63) is 34.4 Å². The SMILES string of the molecule is CC1(c2cc3c(c(C(F)(F)F)c2)C(=O)N2CCNC[C@@H]32)CC1.Cl. The Morgan fingerprint density at radius 1 is 1.30 bits per heavy atom.